The normalized spacial score (nSPS) is 10.5. The molecule has 94 valence electrons. The molecule has 0 aliphatic carbocycles. The van der Waals surface area contributed by atoms with Crippen molar-refractivity contribution in [2.24, 2.45) is 0 Å². The number of methoxy groups -OCH3 is 1. The van der Waals surface area contributed by atoms with Gasteiger partial charge in [0.15, 0.2) is 0 Å². The van der Waals surface area contributed by atoms with E-state index >= 15 is 0 Å². The fourth-order valence-corrected chi connectivity index (χ4v) is 2.06. The molecule has 0 radical (unpaired) electrons. The first kappa shape index (κ1) is 12.6. The van der Waals surface area contributed by atoms with Crippen molar-refractivity contribution >= 4 is 16.9 Å². The predicted octanol–water partition coefficient (Wildman–Crippen LogP) is 3.12. The van der Waals surface area contributed by atoms with Crippen molar-refractivity contribution in [3.63, 3.8) is 0 Å². The number of fused-ring (bicyclic) bond motifs is 1. The Hall–Kier alpha value is -1.90. The van der Waals surface area contributed by atoms with E-state index in [1.165, 1.54) is 18.1 Å². The summed E-state index contributed by atoms with van der Waals surface area (Å²) in [6, 6.07) is 10.2. The highest BCUT2D eigenvalue weighted by Gasteiger charge is 2.03. The second-order valence-corrected chi connectivity index (χ2v) is 4.27. The number of hydrogen-bond donors (Lipinski definition) is 0. The monoisotopic (exact) mass is 243 g/mol. The molecule has 0 fully saturated rings. The molecule has 1 aromatic heterocycles. The molecular weight excluding hydrogens is 226 g/mol. The highest BCUT2D eigenvalue weighted by Crippen LogP contribution is 2.18. The Labute approximate surface area is 107 Å². The van der Waals surface area contributed by atoms with Gasteiger partial charge < -0.3 is 4.74 Å². The van der Waals surface area contributed by atoms with Gasteiger partial charge >= 0.3 is 5.97 Å². The van der Waals surface area contributed by atoms with E-state index in [1.54, 1.807) is 0 Å². The number of esters is 1. The summed E-state index contributed by atoms with van der Waals surface area (Å²) >= 11 is 0. The topological polar surface area (TPSA) is 39.2 Å². The zero-order valence-corrected chi connectivity index (χ0v) is 10.6. The number of aryl methyl sites for hydroxylation is 1. The Kier molecular flexibility index (Phi) is 4.29. The number of para-hydroxylation sites is 1. The Balaban J connectivity index is 1.97. The lowest BCUT2D eigenvalue weighted by Crippen LogP contribution is -2.00. The number of nitrogens with zero attached hydrogens (tertiary/aromatic N) is 1. The third-order valence-corrected chi connectivity index (χ3v) is 3.04. The van der Waals surface area contributed by atoms with Crippen LogP contribution >= 0.6 is 0 Å². The summed E-state index contributed by atoms with van der Waals surface area (Å²) in [4.78, 5) is 15.3. The van der Waals surface area contributed by atoms with Crippen LogP contribution in [-0.4, -0.2) is 18.1 Å². The highest BCUT2D eigenvalue weighted by molar-refractivity contribution is 5.81. The Morgan fingerprint density at radius 2 is 2.06 bits per heavy atom. The van der Waals surface area contributed by atoms with Gasteiger partial charge in [0.25, 0.3) is 0 Å². The van der Waals surface area contributed by atoms with E-state index in [9.17, 15) is 4.79 Å². The predicted molar refractivity (Wildman–Crippen MR) is 71.3 cm³/mol. The second kappa shape index (κ2) is 6.15. The van der Waals surface area contributed by atoms with E-state index in [2.05, 4.69) is 21.9 Å². The number of carbonyl (C=O) groups excluding carboxylic acids is 1. The lowest BCUT2D eigenvalue weighted by molar-refractivity contribution is -0.140. The molecular formula is C15H17NO2. The number of rotatable bonds is 5. The fraction of sp³-hybridized carbons (Fsp3) is 0.333. The van der Waals surface area contributed by atoms with Crippen LogP contribution in [0.1, 0.15) is 24.8 Å². The van der Waals surface area contributed by atoms with Crippen molar-refractivity contribution in [1.82, 2.24) is 4.98 Å². The molecule has 18 heavy (non-hydrogen) atoms. The first-order valence-corrected chi connectivity index (χ1v) is 6.20. The van der Waals surface area contributed by atoms with Crippen molar-refractivity contribution in [3.05, 3.63) is 42.1 Å². The summed E-state index contributed by atoms with van der Waals surface area (Å²) in [6.07, 6.45) is 5.17. The minimum atomic E-state index is -0.130. The summed E-state index contributed by atoms with van der Waals surface area (Å²) < 4.78 is 4.62. The molecule has 0 N–H and O–H groups in total. The van der Waals surface area contributed by atoms with E-state index in [0.29, 0.717) is 6.42 Å². The molecule has 1 aromatic carbocycles. The standard InChI is InChI=1S/C15H17NO2/c1-18-15(17)9-5-2-6-12-10-11-16-14-8-4-3-7-13(12)14/h3-4,7-8,10-11H,2,5-6,9H2,1H3. The number of unbranched alkanes of at least 4 members (excludes halogenated alkanes) is 1. The molecule has 0 saturated carbocycles. The summed E-state index contributed by atoms with van der Waals surface area (Å²) in [5.41, 5.74) is 2.33. The molecule has 0 bridgehead atoms. The Bertz CT molecular complexity index is 532. The summed E-state index contributed by atoms with van der Waals surface area (Å²) in [7, 11) is 1.43. The molecule has 0 aliphatic rings. The van der Waals surface area contributed by atoms with E-state index in [-0.39, 0.29) is 5.97 Å². The van der Waals surface area contributed by atoms with Gasteiger partial charge in [0.2, 0.25) is 0 Å². The fourth-order valence-electron chi connectivity index (χ4n) is 2.06. The van der Waals surface area contributed by atoms with Crippen LogP contribution in [0.15, 0.2) is 36.5 Å². The third kappa shape index (κ3) is 3.06. The van der Waals surface area contributed by atoms with Crippen LogP contribution in [0.2, 0.25) is 0 Å². The van der Waals surface area contributed by atoms with E-state index in [1.807, 2.05) is 24.4 Å². The molecule has 0 unspecified atom stereocenters. The van der Waals surface area contributed by atoms with Crippen molar-refractivity contribution in [1.29, 1.82) is 0 Å². The zero-order chi connectivity index (χ0) is 12.8. The maximum absolute atomic E-state index is 11.0. The van der Waals surface area contributed by atoms with Crippen LogP contribution < -0.4 is 0 Å². The van der Waals surface area contributed by atoms with Crippen molar-refractivity contribution in [2.75, 3.05) is 7.11 Å². The molecule has 0 amide bonds. The summed E-state index contributed by atoms with van der Waals surface area (Å²) in [6.45, 7) is 0. The number of aromatic nitrogens is 1. The van der Waals surface area contributed by atoms with Gasteiger partial charge in [-0.05, 0) is 37.0 Å². The van der Waals surface area contributed by atoms with Crippen LogP contribution in [0.5, 0.6) is 0 Å². The maximum Gasteiger partial charge on any atom is 0.305 e. The average Bonchev–Trinajstić information content (AvgIpc) is 2.43. The minimum absolute atomic E-state index is 0.130. The van der Waals surface area contributed by atoms with Crippen molar-refractivity contribution in [2.45, 2.75) is 25.7 Å². The molecule has 2 aromatic rings. The smallest absolute Gasteiger partial charge is 0.305 e. The van der Waals surface area contributed by atoms with Gasteiger partial charge in [0.05, 0.1) is 12.6 Å². The molecule has 0 saturated heterocycles. The lowest BCUT2D eigenvalue weighted by atomic mass is 10.0. The molecule has 3 nitrogen and oxygen atoms in total. The summed E-state index contributed by atoms with van der Waals surface area (Å²) in [5.74, 6) is -0.130. The van der Waals surface area contributed by atoms with Crippen LogP contribution in [0.3, 0.4) is 0 Å². The molecule has 1 heterocycles. The van der Waals surface area contributed by atoms with E-state index in [4.69, 9.17) is 0 Å². The Morgan fingerprint density at radius 3 is 2.89 bits per heavy atom. The molecule has 0 atom stereocenters. The van der Waals surface area contributed by atoms with Crippen LogP contribution in [0.25, 0.3) is 10.9 Å². The number of ether oxygens (including phenoxy) is 1. The number of pyridine rings is 1. The number of carbonyl (C=O) groups is 1. The SMILES string of the molecule is COC(=O)CCCCc1ccnc2ccccc12. The van der Waals surface area contributed by atoms with E-state index < -0.39 is 0 Å². The molecule has 0 aliphatic heterocycles. The molecule has 2 rings (SSSR count). The quantitative estimate of drug-likeness (QED) is 0.598. The largest absolute Gasteiger partial charge is 0.469 e. The van der Waals surface area contributed by atoms with Gasteiger partial charge in [0, 0.05) is 18.0 Å². The van der Waals surface area contributed by atoms with Crippen molar-refractivity contribution in [3.8, 4) is 0 Å². The van der Waals surface area contributed by atoms with Gasteiger partial charge in [-0.2, -0.15) is 0 Å². The second-order valence-electron chi connectivity index (χ2n) is 4.27. The van der Waals surface area contributed by atoms with Gasteiger partial charge in [-0.25, -0.2) is 0 Å². The minimum Gasteiger partial charge on any atom is -0.469 e. The van der Waals surface area contributed by atoms with Crippen LogP contribution in [0.4, 0.5) is 0 Å². The van der Waals surface area contributed by atoms with E-state index in [0.717, 1.165) is 24.8 Å². The van der Waals surface area contributed by atoms with Gasteiger partial charge in [0.1, 0.15) is 0 Å². The van der Waals surface area contributed by atoms with Gasteiger partial charge in [-0.15, -0.1) is 0 Å². The van der Waals surface area contributed by atoms with Gasteiger partial charge in [-0.3, -0.25) is 9.78 Å². The van der Waals surface area contributed by atoms with Gasteiger partial charge in [-0.1, -0.05) is 18.2 Å². The number of benzene rings is 1. The zero-order valence-electron chi connectivity index (χ0n) is 10.6. The lowest BCUT2D eigenvalue weighted by Gasteiger charge is -2.05. The maximum atomic E-state index is 11.0. The Morgan fingerprint density at radius 1 is 1.22 bits per heavy atom. The number of hydrogen-bond acceptors (Lipinski definition) is 3. The molecule has 3 heteroatoms. The van der Waals surface area contributed by atoms with Crippen LogP contribution in [-0.2, 0) is 16.0 Å². The average molecular weight is 243 g/mol. The first-order valence-electron chi connectivity index (χ1n) is 6.20. The van der Waals surface area contributed by atoms with Crippen LogP contribution in [0, 0.1) is 0 Å². The highest BCUT2D eigenvalue weighted by atomic mass is 16.5. The first-order chi connectivity index (χ1) is 8.81. The third-order valence-electron chi connectivity index (χ3n) is 3.04. The summed E-state index contributed by atoms with van der Waals surface area (Å²) in [5, 5.41) is 1.21. The van der Waals surface area contributed by atoms with Crippen molar-refractivity contribution < 1.29 is 9.53 Å². The molecule has 0 spiro atoms.